The van der Waals surface area contributed by atoms with Crippen LogP contribution in [0.25, 0.3) is 0 Å². The van der Waals surface area contributed by atoms with Crippen molar-refractivity contribution in [3.05, 3.63) is 42.3 Å². The number of rotatable bonds is 5. The molecule has 0 saturated heterocycles. The third kappa shape index (κ3) is 11.8. The van der Waals surface area contributed by atoms with E-state index >= 15 is 0 Å². The molecule has 0 amide bonds. The molecule has 0 saturated carbocycles. The Morgan fingerprint density at radius 3 is 2.05 bits per heavy atom. The molecular formula is C13H17N3O4. The summed E-state index contributed by atoms with van der Waals surface area (Å²) in [6.45, 7) is 4.91. The van der Waals surface area contributed by atoms with Gasteiger partial charge in [0.1, 0.15) is 0 Å². The van der Waals surface area contributed by atoms with Crippen LogP contribution in [0.2, 0.25) is 0 Å². The van der Waals surface area contributed by atoms with Crippen molar-refractivity contribution in [3.8, 4) is 0 Å². The number of aliphatic carboxylic acids is 2. The van der Waals surface area contributed by atoms with E-state index in [1.54, 1.807) is 18.5 Å². The van der Waals surface area contributed by atoms with Gasteiger partial charge in [-0.15, -0.1) is 0 Å². The standard InChI is InChI=1S/C9H13N3.C4H4O4/c1-8(2)4-7-12-9-10-5-3-6-11-9;5-3(6)1-2-4(7)8/h3-6H,7H2,1-2H3,(H,10,11,12);1-2H,(H,5,6)(H,7,8)/b;2-1+. The largest absolute Gasteiger partial charge is 0.478 e. The van der Waals surface area contributed by atoms with Crippen LogP contribution in [-0.4, -0.2) is 38.7 Å². The normalized spacial score (nSPS) is 9.30. The number of aromatic nitrogens is 2. The molecule has 0 spiro atoms. The molecule has 1 aromatic heterocycles. The van der Waals surface area contributed by atoms with Crippen LogP contribution in [0, 0.1) is 0 Å². The smallest absolute Gasteiger partial charge is 0.328 e. The third-order valence-corrected chi connectivity index (χ3v) is 1.70. The number of allylic oxidation sites excluding steroid dienone is 1. The summed E-state index contributed by atoms with van der Waals surface area (Å²) in [6, 6.07) is 1.80. The zero-order valence-corrected chi connectivity index (χ0v) is 11.3. The second kappa shape index (κ2) is 10.2. The van der Waals surface area contributed by atoms with Gasteiger partial charge in [0, 0.05) is 31.1 Å². The van der Waals surface area contributed by atoms with Crippen molar-refractivity contribution in [1.82, 2.24) is 9.97 Å². The summed E-state index contributed by atoms with van der Waals surface area (Å²) in [5.41, 5.74) is 1.29. The number of anilines is 1. The first kappa shape index (κ1) is 17.3. The lowest BCUT2D eigenvalue weighted by Gasteiger charge is -1.99. The maximum Gasteiger partial charge on any atom is 0.328 e. The van der Waals surface area contributed by atoms with Crippen molar-refractivity contribution in [3.63, 3.8) is 0 Å². The van der Waals surface area contributed by atoms with Crippen LogP contribution in [0.5, 0.6) is 0 Å². The Kier molecular flexibility index (Phi) is 8.86. The van der Waals surface area contributed by atoms with Gasteiger partial charge in [0.05, 0.1) is 0 Å². The van der Waals surface area contributed by atoms with Gasteiger partial charge in [0.15, 0.2) is 0 Å². The lowest BCUT2D eigenvalue weighted by molar-refractivity contribution is -0.134. The summed E-state index contributed by atoms with van der Waals surface area (Å²) < 4.78 is 0. The number of hydrogen-bond donors (Lipinski definition) is 3. The Hall–Kier alpha value is -2.70. The van der Waals surface area contributed by atoms with E-state index in [9.17, 15) is 9.59 Å². The van der Waals surface area contributed by atoms with Crippen molar-refractivity contribution in [1.29, 1.82) is 0 Å². The number of nitrogens with one attached hydrogen (secondary N) is 1. The Balaban J connectivity index is 0.000000396. The predicted molar refractivity (Wildman–Crippen MR) is 74.4 cm³/mol. The zero-order chi connectivity index (χ0) is 15.4. The molecule has 1 aromatic rings. The van der Waals surface area contributed by atoms with Crippen LogP contribution in [-0.2, 0) is 9.59 Å². The zero-order valence-electron chi connectivity index (χ0n) is 11.3. The third-order valence-electron chi connectivity index (χ3n) is 1.70. The van der Waals surface area contributed by atoms with Crippen molar-refractivity contribution in [2.45, 2.75) is 13.8 Å². The summed E-state index contributed by atoms with van der Waals surface area (Å²) in [6.07, 6.45) is 6.65. The molecule has 1 rings (SSSR count). The van der Waals surface area contributed by atoms with E-state index in [-0.39, 0.29) is 0 Å². The molecule has 7 nitrogen and oxygen atoms in total. The van der Waals surface area contributed by atoms with Gasteiger partial charge in [-0.3, -0.25) is 0 Å². The monoisotopic (exact) mass is 279 g/mol. The fraction of sp³-hybridized carbons (Fsp3) is 0.231. The number of nitrogens with zero attached hydrogens (tertiary/aromatic N) is 2. The Morgan fingerprint density at radius 2 is 1.65 bits per heavy atom. The molecule has 0 radical (unpaired) electrons. The first-order chi connectivity index (χ1) is 9.41. The fourth-order valence-electron chi connectivity index (χ4n) is 0.879. The average molecular weight is 279 g/mol. The molecule has 3 N–H and O–H groups in total. The van der Waals surface area contributed by atoms with E-state index in [0.717, 1.165) is 6.54 Å². The van der Waals surface area contributed by atoms with E-state index in [0.29, 0.717) is 18.1 Å². The van der Waals surface area contributed by atoms with Crippen LogP contribution in [0.4, 0.5) is 5.95 Å². The first-order valence-corrected chi connectivity index (χ1v) is 5.70. The van der Waals surface area contributed by atoms with Gasteiger partial charge in [-0.2, -0.15) is 0 Å². The van der Waals surface area contributed by atoms with E-state index in [4.69, 9.17) is 10.2 Å². The summed E-state index contributed by atoms with van der Waals surface area (Å²) >= 11 is 0. The lowest BCUT2D eigenvalue weighted by atomic mass is 10.3. The van der Waals surface area contributed by atoms with E-state index in [1.807, 2.05) is 0 Å². The molecule has 108 valence electrons. The molecule has 0 fully saturated rings. The highest BCUT2D eigenvalue weighted by atomic mass is 16.4. The number of carboxylic acids is 2. The Labute approximate surface area is 116 Å². The molecule has 0 aliphatic rings. The van der Waals surface area contributed by atoms with Crippen molar-refractivity contribution in [2.75, 3.05) is 11.9 Å². The first-order valence-electron chi connectivity index (χ1n) is 5.70. The number of carboxylic acid groups (broad SMARTS) is 2. The molecule has 0 aliphatic carbocycles. The summed E-state index contributed by atoms with van der Waals surface area (Å²) in [7, 11) is 0. The molecule has 0 bridgehead atoms. The van der Waals surface area contributed by atoms with Crippen LogP contribution in [0.1, 0.15) is 13.8 Å². The second-order valence-corrected chi connectivity index (χ2v) is 3.74. The van der Waals surface area contributed by atoms with Gasteiger partial charge < -0.3 is 15.5 Å². The Morgan fingerprint density at radius 1 is 1.15 bits per heavy atom. The van der Waals surface area contributed by atoms with Gasteiger partial charge in [-0.05, 0) is 19.9 Å². The number of hydrogen-bond acceptors (Lipinski definition) is 5. The minimum atomic E-state index is -1.26. The van der Waals surface area contributed by atoms with Gasteiger partial charge in [-0.1, -0.05) is 11.6 Å². The molecule has 0 unspecified atom stereocenters. The summed E-state index contributed by atoms with van der Waals surface area (Å²) in [4.78, 5) is 27.2. The van der Waals surface area contributed by atoms with E-state index in [1.165, 1.54) is 5.57 Å². The van der Waals surface area contributed by atoms with Crippen LogP contribution in [0.15, 0.2) is 42.3 Å². The molecule has 0 aromatic carbocycles. The molecule has 0 aliphatic heterocycles. The molecular weight excluding hydrogens is 262 g/mol. The van der Waals surface area contributed by atoms with Crippen LogP contribution < -0.4 is 5.32 Å². The quantitative estimate of drug-likeness (QED) is 0.553. The summed E-state index contributed by atoms with van der Waals surface area (Å²) in [5, 5.41) is 18.7. The lowest BCUT2D eigenvalue weighted by Crippen LogP contribution is -2.02. The predicted octanol–water partition coefficient (Wildman–Crippen LogP) is 1.57. The molecule has 0 atom stereocenters. The van der Waals surface area contributed by atoms with E-state index in [2.05, 4.69) is 35.2 Å². The maximum absolute atomic E-state index is 9.55. The van der Waals surface area contributed by atoms with Crippen molar-refractivity contribution < 1.29 is 19.8 Å². The SMILES string of the molecule is CC(C)=CCNc1ncccn1.O=C(O)/C=C/C(=O)O. The molecule has 7 heteroatoms. The van der Waals surface area contributed by atoms with Crippen molar-refractivity contribution >= 4 is 17.9 Å². The highest BCUT2D eigenvalue weighted by molar-refractivity contribution is 5.89. The van der Waals surface area contributed by atoms with E-state index < -0.39 is 11.9 Å². The second-order valence-electron chi connectivity index (χ2n) is 3.74. The van der Waals surface area contributed by atoms with Crippen molar-refractivity contribution in [2.24, 2.45) is 0 Å². The average Bonchev–Trinajstić information content (AvgIpc) is 2.38. The molecule has 20 heavy (non-hydrogen) atoms. The van der Waals surface area contributed by atoms with Gasteiger partial charge in [0.25, 0.3) is 0 Å². The summed E-state index contributed by atoms with van der Waals surface area (Å²) in [5.74, 6) is -1.84. The highest BCUT2D eigenvalue weighted by Gasteiger charge is 1.88. The maximum atomic E-state index is 9.55. The van der Waals surface area contributed by atoms with Crippen LogP contribution in [0.3, 0.4) is 0 Å². The Bertz CT molecular complexity index is 464. The highest BCUT2D eigenvalue weighted by Crippen LogP contribution is 1.94. The van der Waals surface area contributed by atoms with Gasteiger partial charge >= 0.3 is 11.9 Å². The minimum absolute atomic E-state index is 0.558. The van der Waals surface area contributed by atoms with Gasteiger partial charge in [-0.25, -0.2) is 19.6 Å². The van der Waals surface area contributed by atoms with Crippen LogP contribution >= 0.6 is 0 Å². The fourth-order valence-corrected chi connectivity index (χ4v) is 0.879. The topological polar surface area (TPSA) is 112 Å². The van der Waals surface area contributed by atoms with Gasteiger partial charge in [0.2, 0.25) is 5.95 Å². The number of carbonyl (C=O) groups is 2. The minimum Gasteiger partial charge on any atom is -0.478 e. The molecule has 1 heterocycles.